The van der Waals surface area contributed by atoms with E-state index in [1.54, 1.807) is 12.1 Å². The highest BCUT2D eigenvalue weighted by atomic mass is 16.1. The molecule has 0 saturated heterocycles. The lowest BCUT2D eigenvalue weighted by Crippen LogP contribution is -2.38. The number of hydrogen-bond acceptors (Lipinski definition) is 3. The lowest BCUT2D eigenvalue weighted by Gasteiger charge is -2.34. The van der Waals surface area contributed by atoms with Crippen LogP contribution in [0.15, 0.2) is 18.2 Å². The average Bonchev–Trinajstić information content (AvgIpc) is 2.19. The first-order valence-electron chi connectivity index (χ1n) is 5.82. The topological polar surface area (TPSA) is 72.3 Å². The zero-order valence-electron chi connectivity index (χ0n) is 10.9. The Morgan fingerprint density at radius 1 is 1.18 bits per heavy atom. The zero-order valence-corrected chi connectivity index (χ0v) is 10.9. The molecule has 0 fully saturated rings. The molecule has 17 heavy (non-hydrogen) atoms. The molecule has 4 nitrogen and oxygen atoms in total. The van der Waals surface area contributed by atoms with Gasteiger partial charge in [0.1, 0.15) is 0 Å². The van der Waals surface area contributed by atoms with Gasteiger partial charge in [-0.2, -0.15) is 0 Å². The van der Waals surface area contributed by atoms with Crippen LogP contribution in [0, 0.1) is 0 Å². The summed E-state index contributed by atoms with van der Waals surface area (Å²) in [5, 5.41) is 0. The minimum absolute atomic E-state index is 0.289. The molecule has 0 aliphatic carbocycles. The summed E-state index contributed by atoms with van der Waals surface area (Å²) >= 11 is 0. The van der Waals surface area contributed by atoms with Gasteiger partial charge in [0, 0.05) is 17.8 Å². The zero-order chi connectivity index (χ0) is 13.2. The number of nitrogen functional groups attached to an aromatic ring is 1. The second-order valence-electron chi connectivity index (χ2n) is 4.74. The van der Waals surface area contributed by atoms with E-state index in [9.17, 15) is 4.79 Å². The number of carbonyl (C=O) groups excluding carboxylic acids is 1. The van der Waals surface area contributed by atoms with Crippen molar-refractivity contribution in [3.63, 3.8) is 0 Å². The monoisotopic (exact) mass is 235 g/mol. The van der Waals surface area contributed by atoms with E-state index in [1.165, 1.54) is 0 Å². The van der Waals surface area contributed by atoms with Gasteiger partial charge in [-0.25, -0.2) is 0 Å². The van der Waals surface area contributed by atoms with Crippen molar-refractivity contribution in [2.24, 2.45) is 5.73 Å². The Morgan fingerprint density at radius 3 is 2.12 bits per heavy atom. The quantitative estimate of drug-likeness (QED) is 0.784. The van der Waals surface area contributed by atoms with Crippen LogP contribution in [0.25, 0.3) is 0 Å². The van der Waals surface area contributed by atoms with Gasteiger partial charge >= 0.3 is 0 Å². The van der Waals surface area contributed by atoms with Gasteiger partial charge in [-0.3, -0.25) is 4.79 Å². The first kappa shape index (κ1) is 13.4. The molecule has 0 heterocycles. The van der Waals surface area contributed by atoms with E-state index in [0.717, 1.165) is 5.69 Å². The number of amides is 1. The largest absolute Gasteiger partial charge is 0.399 e. The summed E-state index contributed by atoms with van der Waals surface area (Å²) < 4.78 is 0. The molecule has 0 spiro atoms. The fourth-order valence-corrected chi connectivity index (χ4v) is 2.13. The van der Waals surface area contributed by atoms with Gasteiger partial charge in [-0.1, -0.05) is 0 Å². The molecular formula is C13H21N3O. The van der Waals surface area contributed by atoms with Gasteiger partial charge in [0.25, 0.3) is 5.91 Å². The summed E-state index contributed by atoms with van der Waals surface area (Å²) in [6, 6.07) is 5.86. The highest BCUT2D eigenvalue weighted by Gasteiger charge is 2.19. The standard InChI is InChI=1S/C13H21N3O/c1-8(2)16(9(3)4)12-6-5-10(14)7-11(12)13(15)17/h5-9H,14H2,1-4H3,(H2,15,17). The molecule has 0 saturated carbocycles. The molecule has 0 aliphatic heterocycles. The highest BCUT2D eigenvalue weighted by molar-refractivity contribution is 5.99. The Bertz CT molecular complexity index is 405. The average molecular weight is 235 g/mol. The predicted octanol–water partition coefficient (Wildman–Crippen LogP) is 1.99. The summed E-state index contributed by atoms with van der Waals surface area (Å²) in [6.45, 7) is 8.34. The summed E-state index contributed by atoms with van der Waals surface area (Å²) in [6.07, 6.45) is 0. The van der Waals surface area contributed by atoms with Crippen LogP contribution < -0.4 is 16.4 Å². The Kier molecular flexibility index (Phi) is 3.99. The van der Waals surface area contributed by atoms with Crippen molar-refractivity contribution >= 4 is 17.3 Å². The highest BCUT2D eigenvalue weighted by Crippen LogP contribution is 2.26. The predicted molar refractivity (Wildman–Crippen MR) is 72.1 cm³/mol. The number of nitrogens with zero attached hydrogens (tertiary/aromatic N) is 1. The van der Waals surface area contributed by atoms with E-state index in [0.29, 0.717) is 11.3 Å². The maximum absolute atomic E-state index is 11.5. The minimum atomic E-state index is -0.446. The van der Waals surface area contributed by atoms with E-state index >= 15 is 0 Å². The van der Waals surface area contributed by atoms with Gasteiger partial charge in [0.05, 0.1) is 11.3 Å². The van der Waals surface area contributed by atoms with Gasteiger partial charge < -0.3 is 16.4 Å². The second kappa shape index (κ2) is 5.08. The van der Waals surface area contributed by atoms with Crippen LogP contribution in [0.2, 0.25) is 0 Å². The molecular weight excluding hydrogens is 214 g/mol. The Balaban J connectivity index is 3.32. The molecule has 4 N–H and O–H groups in total. The normalized spacial score (nSPS) is 10.9. The Hall–Kier alpha value is -1.71. The van der Waals surface area contributed by atoms with Crippen LogP contribution in [0.3, 0.4) is 0 Å². The number of hydrogen-bond donors (Lipinski definition) is 2. The number of carbonyl (C=O) groups is 1. The third-order valence-corrected chi connectivity index (χ3v) is 2.68. The van der Waals surface area contributed by atoms with Crippen molar-refractivity contribution in [1.82, 2.24) is 0 Å². The number of nitrogens with two attached hydrogens (primary N) is 2. The smallest absolute Gasteiger partial charge is 0.250 e. The van der Waals surface area contributed by atoms with Crippen LogP contribution in [-0.4, -0.2) is 18.0 Å². The van der Waals surface area contributed by atoms with Crippen molar-refractivity contribution in [3.05, 3.63) is 23.8 Å². The molecule has 1 aromatic rings. The van der Waals surface area contributed by atoms with Gasteiger partial charge in [-0.15, -0.1) is 0 Å². The van der Waals surface area contributed by atoms with Crippen LogP contribution >= 0.6 is 0 Å². The second-order valence-corrected chi connectivity index (χ2v) is 4.74. The summed E-state index contributed by atoms with van der Waals surface area (Å²) in [4.78, 5) is 13.6. The third kappa shape index (κ3) is 2.90. The Labute approximate surface area is 103 Å². The first-order chi connectivity index (χ1) is 7.84. The van der Waals surface area contributed by atoms with Gasteiger partial charge in [-0.05, 0) is 45.9 Å². The van der Waals surface area contributed by atoms with Crippen LogP contribution in [0.5, 0.6) is 0 Å². The van der Waals surface area contributed by atoms with Crippen LogP contribution in [-0.2, 0) is 0 Å². The fraction of sp³-hybridized carbons (Fsp3) is 0.462. The maximum Gasteiger partial charge on any atom is 0.250 e. The van der Waals surface area contributed by atoms with Crippen molar-refractivity contribution in [2.75, 3.05) is 10.6 Å². The van der Waals surface area contributed by atoms with Crippen LogP contribution in [0.1, 0.15) is 38.1 Å². The molecule has 0 aromatic heterocycles. The molecule has 0 radical (unpaired) electrons. The number of anilines is 2. The third-order valence-electron chi connectivity index (χ3n) is 2.68. The summed E-state index contributed by atoms with van der Waals surface area (Å²) in [5.74, 6) is -0.446. The first-order valence-corrected chi connectivity index (χ1v) is 5.82. The van der Waals surface area contributed by atoms with Crippen molar-refractivity contribution in [3.8, 4) is 0 Å². The van der Waals surface area contributed by atoms with Crippen LogP contribution in [0.4, 0.5) is 11.4 Å². The van der Waals surface area contributed by atoms with Gasteiger partial charge in [0.2, 0.25) is 0 Å². The number of rotatable bonds is 4. The molecule has 94 valence electrons. The Morgan fingerprint density at radius 2 is 1.71 bits per heavy atom. The van der Waals surface area contributed by atoms with E-state index in [1.807, 2.05) is 6.07 Å². The SMILES string of the molecule is CC(C)N(c1ccc(N)cc1C(N)=O)C(C)C. The fourth-order valence-electron chi connectivity index (χ4n) is 2.13. The molecule has 1 amide bonds. The van der Waals surface area contributed by atoms with Crippen molar-refractivity contribution in [1.29, 1.82) is 0 Å². The summed E-state index contributed by atoms with van der Waals surface area (Å²) in [7, 11) is 0. The number of primary amides is 1. The summed E-state index contributed by atoms with van der Waals surface area (Å²) in [5.41, 5.74) is 13.0. The molecule has 0 atom stereocenters. The molecule has 1 aromatic carbocycles. The minimum Gasteiger partial charge on any atom is -0.399 e. The lowest BCUT2D eigenvalue weighted by molar-refractivity contribution is 0.100. The molecule has 0 bridgehead atoms. The maximum atomic E-state index is 11.5. The molecule has 0 aliphatic rings. The molecule has 1 rings (SSSR count). The van der Waals surface area contributed by atoms with Gasteiger partial charge in [0.15, 0.2) is 0 Å². The number of benzene rings is 1. The van der Waals surface area contributed by atoms with E-state index in [2.05, 4.69) is 32.6 Å². The molecule has 4 heteroatoms. The van der Waals surface area contributed by atoms with E-state index in [-0.39, 0.29) is 12.1 Å². The van der Waals surface area contributed by atoms with Crippen molar-refractivity contribution in [2.45, 2.75) is 39.8 Å². The van der Waals surface area contributed by atoms with E-state index in [4.69, 9.17) is 11.5 Å². The van der Waals surface area contributed by atoms with Crippen molar-refractivity contribution < 1.29 is 4.79 Å². The molecule has 0 unspecified atom stereocenters. The lowest BCUT2D eigenvalue weighted by atomic mass is 10.1. The van der Waals surface area contributed by atoms with E-state index < -0.39 is 5.91 Å².